The molecule has 2 N–H and O–H groups in total. The van der Waals surface area contributed by atoms with Gasteiger partial charge in [-0.25, -0.2) is 13.1 Å². The normalized spacial score (nSPS) is 26.3. The van der Waals surface area contributed by atoms with Crippen molar-refractivity contribution in [1.29, 1.82) is 0 Å². The van der Waals surface area contributed by atoms with Gasteiger partial charge in [-0.2, -0.15) is 0 Å². The lowest BCUT2D eigenvalue weighted by molar-refractivity contribution is 0.270. The van der Waals surface area contributed by atoms with E-state index in [2.05, 4.69) is 17.0 Å². The molecule has 0 spiro atoms. The SMILES string of the molecule is CC1CC(NS(=O)(=O)c2ccc3c(c2)CCN3)C1. The van der Waals surface area contributed by atoms with E-state index in [4.69, 9.17) is 0 Å². The Bertz CT molecular complexity index is 562. The van der Waals surface area contributed by atoms with E-state index < -0.39 is 10.0 Å². The average molecular weight is 266 g/mol. The number of sulfonamides is 1. The molecule has 0 unspecified atom stereocenters. The van der Waals surface area contributed by atoms with Gasteiger partial charge in [-0.05, 0) is 48.9 Å². The highest BCUT2D eigenvalue weighted by molar-refractivity contribution is 7.89. The molecule has 0 radical (unpaired) electrons. The van der Waals surface area contributed by atoms with Crippen LogP contribution in [0, 0.1) is 5.92 Å². The second kappa shape index (κ2) is 4.24. The summed E-state index contributed by atoms with van der Waals surface area (Å²) in [4.78, 5) is 0.393. The van der Waals surface area contributed by atoms with Crippen LogP contribution in [-0.4, -0.2) is 21.0 Å². The molecule has 1 fully saturated rings. The Hall–Kier alpha value is -1.07. The Morgan fingerprint density at radius 3 is 2.83 bits per heavy atom. The average Bonchev–Trinajstić information content (AvgIpc) is 2.73. The van der Waals surface area contributed by atoms with E-state index in [-0.39, 0.29) is 6.04 Å². The summed E-state index contributed by atoms with van der Waals surface area (Å²) >= 11 is 0. The molecule has 4 nitrogen and oxygen atoms in total. The molecule has 98 valence electrons. The minimum absolute atomic E-state index is 0.122. The van der Waals surface area contributed by atoms with E-state index in [1.807, 2.05) is 6.07 Å². The van der Waals surface area contributed by atoms with Gasteiger partial charge in [0.2, 0.25) is 10.0 Å². The van der Waals surface area contributed by atoms with Crippen molar-refractivity contribution in [2.75, 3.05) is 11.9 Å². The quantitative estimate of drug-likeness (QED) is 0.876. The zero-order valence-electron chi connectivity index (χ0n) is 10.4. The number of anilines is 1. The van der Waals surface area contributed by atoms with Crippen LogP contribution in [0.3, 0.4) is 0 Å². The summed E-state index contributed by atoms with van der Waals surface area (Å²) in [5.74, 6) is 0.641. The van der Waals surface area contributed by atoms with Gasteiger partial charge < -0.3 is 5.32 Å². The number of hydrogen-bond donors (Lipinski definition) is 2. The van der Waals surface area contributed by atoms with E-state index in [0.717, 1.165) is 37.1 Å². The zero-order valence-corrected chi connectivity index (χ0v) is 11.3. The maximum atomic E-state index is 12.2. The number of rotatable bonds is 3. The Kier molecular flexibility index (Phi) is 2.83. The predicted octanol–water partition coefficient (Wildman–Crippen LogP) is 1.73. The summed E-state index contributed by atoms with van der Waals surface area (Å²) in [7, 11) is -3.34. The molecule has 0 aromatic heterocycles. The van der Waals surface area contributed by atoms with Crippen molar-refractivity contribution < 1.29 is 8.42 Å². The molecule has 0 saturated heterocycles. The van der Waals surface area contributed by atoms with Gasteiger partial charge in [0.15, 0.2) is 0 Å². The topological polar surface area (TPSA) is 58.2 Å². The van der Waals surface area contributed by atoms with Crippen molar-refractivity contribution in [3.05, 3.63) is 23.8 Å². The van der Waals surface area contributed by atoms with Crippen LogP contribution in [0.5, 0.6) is 0 Å². The van der Waals surface area contributed by atoms with Crippen LogP contribution >= 0.6 is 0 Å². The number of nitrogens with one attached hydrogen (secondary N) is 2. The van der Waals surface area contributed by atoms with Crippen LogP contribution < -0.4 is 10.0 Å². The molecule has 1 heterocycles. The van der Waals surface area contributed by atoms with Crippen LogP contribution in [0.2, 0.25) is 0 Å². The van der Waals surface area contributed by atoms with Crippen molar-refractivity contribution in [2.45, 2.75) is 37.1 Å². The fourth-order valence-corrected chi connectivity index (χ4v) is 4.05. The molecule has 1 aromatic carbocycles. The van der Waals surface area contributed by atoms with Crippen LogP contribution in [0.25, 0.3) is 0 Å². The second-order valence-corrected chi connectivity index (χ2v) is 7.10. The molecule has 5 heteroatoms. The highest BCUT2D eigenvalue weighted by Gasteiger charge is 2.30. The van der Waals surface area contributed by atoms with Crippen LogP contribution in [0.1, 0.15) is 25.3 Å². The van der Waals surface area contributed by atoms with Gasteiger partial charge in [0.05, 0.1) is 4.90 Å². The van der Waals surface area contributed by atoms with E-state index in [0.29, 0.717) is 10.8 Å². The van der Waals surface area contributed by atoms with Crippen molar-refractivity contribution >= 4 is 15.7 Å². The van der Waals surface area contributed by atoms with Crippen LogP contribution in [-0.2, 0) is 16.4 Å². The van der Waals surface area contributed by atoms with E-state index >= 15 is 0 Å². The second-order valence-electron chi connectivity index (χ2n) is 5.39. The minimum atomic E-state index is -3.34. The molecule has 2 aliphatic rings. The first kappa shape index (κ1) is 12.0. The standard InChI is InChI=1S/C13H18N2O2S/c1-9-6-11(7-9)15-18(16,17)12-2-3-13-10(8-12)4-5-14-13/h2-3,8-9,11,14-15H,4-7H2,1H3. The Labute approximate surface area is 108 Å². The van der Waals surface area contributed by atoms with E-state index in [1.165, 1.54) is 0 Å². The summed E-state index contributed by atoms with van der Waals surface area (Å²) < 4.78 is 27.2. The van der Waals surface area contributed by atoms with Gasteiger partial charge in [0.1, 0.15) is 0 Å². The van der Waals surface area contributed by atoms with Gasteiger partial charge in [-0.1, -0.05) is 6.92 Å². The molecular formula is C13H18N2O2S. The summed E-state index contributed by atoms with van der Waals surface area (Å²) in [6.45, 7) is 3.04. The maximum absolute atomic E-state index is 12.2. The van der Waals surface area contributed by atoms with Crippen LogP contribution in [0.4, 0.5) is 5.69 Å². The lowest BCUT2D eigenvalue weighted by atomic mass is 9.83. The molecular weight excluding hydrogens is 248 g/mol. The van der Waals surface area contributed by atoms with Crippen molar-refractivity contribution in [3.63, 3.8) is 0 Å². The van der Waals surface area contributed by atoms with Gasteiger partial charge in [0, 0.05) is 18.3 Å². The molecule has 1 aliphatic heterocycles. The fraction of sp³-hybridized carbons (Fsp3) is 0.538. The molecule has 1 aliphatic carbocycles. The number of hydrogen-bond acceptors (Lipinski definition) is 3. The third-order valence-electron chi connectivity index (χ3n) is 3.79. The minimum Gasteiger partial charge on any atom is -0.384 e. The van der Waals surface area contributed by atoms with Crippen molar-refractivity contribution in [1.82, 2.24) is 4.72 Å². The molecule has 0 amide bonds. The summed E-state index contributed by atoms with van der Waals surface area (Å²) in [5.41, 5.74) is 2.16. The molecule has 0 atom stereocenters. The molecule has 1 aromatic rings. The lowest BCUT2D eigenvalue weighted by Crippen LogP contribution is -2.43. The van der Waals surface area contributed by atoms with Gasteiger partial charge in [-0.3, -0.25) is 0 Å². The van der Waals surface area contributed by atoms with Gasteiger partial charge in [-0.15, -0.1) is 0 Å². The summed E-state index contributed by atoms with van der Waals surface area (Å²) in [5, 5.41) is 3.23. The van der Waals surface area contributed by atoms with Crippen molar-refractivity contribution in [3.8, 4) is 0 Å². The number of fused-ring (bicyclic) bond motifs is 1. The summed E-state index contributed by atoms with van der Waals surface area (Å²) in [6.07, 6.45) is 2.80. The first-order valence-corrected chi connectivity index (χ1v) is 7.92. The summed E-state index contributed by atoms with van der Waals surface area (Å²) in [6, 6.07) is 5.46. The predicted molar refractivity (Wildman–Crippen MR) is 71.1 cm³/mol. The molecule has 3 rings (SSSR count). The van der Waals surface area contributed by atoms with Crippen molar-refractivity contribution in [2.24, 2.45) is 5.92 Å². The molecule has 0 bridgehead atoms. The number of benzene rings is 1. The highest BCUT2D eigenvalue weighted by Crippen LogP contribution is 2.29. The Morgan fingerprint density at radius 2 is 2.11 bits per heavy atom. The highest BCUT2D eigenvalue weighted by atomic mass is 32.2. The van der Waals surface area contributed by atoms with Crippen LogP contribution in [0.15, 0.2) is 23.1 Å². The Morgan fingerprint density at radius 1 is 1.33 bits per heavy atom. The smallest absolute Gasteiger partial charge is 0.240 e. The first-order chi connectivity index (χ1) is 8.54. The molecule has 1 saturated carbocycles. The third kappa shape index (κ3) is 2.12. The Balaban J connectivity index is 1.80. The van der Waals surface area contributed by atoms with Gasteiger partial charge >= 0.3 is 0 Å². The maximum Gasteiger partial charge on any atom is 0.240 e. The third-order valence-corrected chi connectivity index (χ3v) is 5.31. The molecule has 18 heavy (non-hydrogen) atoms. The van der Waals surface area contributed by atoms with Gasteiger partial charge in [0.25, 0.3) is 0 Å². The first-order valence-electron chi connectivity index (χ1n) is 6.44. The largest absolute Gasteiger partial charge is 0.384 e. The van der Waals surface area contributed by atoms with E-state index in [9.17, 15) is 8.42 Å². The zero-order chi connectivity index (χ0) is 12.8. The van der Waals surface area contributed by atoms with E-state index in [1.54, 1.807) is 12.1 Å². The monoisotopic (exact) mass is 266 g/mol. The lowest BCUT2D eigenvalue weighted by Gasteiger charge is -2.32. The fourth-order valence-electron chi connectivity index (χ4n) is 2.73.